The highest BCUT2D eigenvalue weighted by Gasteiger charge is 2.37. The second-order valence-corrected chi connectivity index (χ2v) is 6.84. The summed E-state index contributed by atoms with van der Waals surface area (Å²) < 4.78 is -0.392. The van der Waals surface area contributed by atoms with Gasteiger partial charge in [0, 0.05) is 5.69 Å². The van der Waals surface area contributed by atoms with Crippen molar-refractivity contribution < 1.29 is 9.90 Å². The number of aromatic hydroxyl groups is 1. The number of nitrogens with one attached hydrogen (secondary N) is 1. The lowest BCUT2D eigenvalue weighted by Crippen LogP contribution is -2.34. The van der Waals surface area contributed by atoms with Crippen LogP contribution in [0.2, 0.25) is 10.0 Å². The maximum atomic E-state index is 12.2. The molecule has 98 valence electrons. The number of carbonyl (C=O) groups is 1. The van der Waals surface area contributed by atoms with Crippen molar-refractivity contribution in [2.75, 3.05) is 11.1 Å². The van der Waals surface area contributed by atoms with Gasteiger partial charge < -0.3 is 10.4 Å². The SMILES string of the molecule is CC1(C(=O)Nc2cc(Cl)c(O)c(Cl)c2)CCCS1. The molecule has 1 amide bonds. The van der Waals surface area contributed by atoms with Gasteiger partial charge in [-0.05, 0) is 37.7 Å². The number of thioether (sulfide) groups is 1. The van der Waals surface area contributed by atoms with Crippen LogP contribution in [0.3, 0.4) is 0 Å². The second-order valence-electron chi connectivity index (χ2n) is 4.43. The number of carbonyl (C=O) groups excluding carboxylic acids is 1. The fraction of sp³-hybridized carbons (Fsp3) is 0.417. The minimum Gasteiger partial charge on any atom is -0.505 e. The van der Waals surface area contributed by atoms with E-state index >= 15 is 0 Å². The minimum absolute atomic E-state index is 0.0529. The molecule has 0 saturated carbocycles. The zero-order valence-electron chi connectivity index (χ0n) is 9.80. The number of amides is 1. The normalized spacial score (nSPS) is 23.1. The van der Waals surface area contributed by atoms with E-state index in [-0.39, 0.29) is 21.7 Å². The van der Waals surface area contributed by atoms with Gasteiger partial charge in [0.05, 0.1) is 14.8 Å². The Hall–Kier alpha value is -0.580. The average molecular weight is 306 g/mol. The largest absolute Gasteiger partial charge is 0.505 e. The number of benzene rings is 1. The van der Waals surface area contributed by atoms with E-state index in [4.69, 9.17) is 23.2 Å². The Balaban J connectivity index is 2.17. The Morgan fingerprint density at radius 2 is 2.06 bits per heavy atom. The fourth-order valence-corrected chi connectivity index (χ4v) is 3.56. The van der Waals surface area contributed by atoms with E-state index < -0.39 is 4.75 Å². The molecule has 1 heterocycles. The molecule has 1 aromatic rings. The monoisotopic (exact) mass is 305 g/mol. The molecule has 0 radical (unpaired) electrons. The predicted molar refractivity (Wildman–Crippen MR) is 76.9 cm³/mol. The summed E-state index contributed by atoms with van der Waals surface area (Å²) in [6.07, 6.45) is 1.91. The van der Waals surface area contributed by atoms with E-state index in [0.717, 1.165) is 18.6 Å². The van der Waals surface area contributed by atoms with Crippen molar-refractivity contribution in [1.82, 2.24) is 0 Å². The molecule has 0 spiro atoms. The number of hydrogen-bond donors (Lipinski definition) is 2. The van der Waals surface area contributed by atoms with Crippen LogP contribution in [0.1, 0.15) is 19.8 Å². The van der Waals surface area contributed by atoms with Crippen molar-refractivity contribution in [3.63, 3.8) is 0 Å². The van der Waals surface area contributed by atoms with Gasteiger partial charge in [-0.2, -0.15) is 0 Å². The van der Waals surface area contributed by atoms with Crippen LogP contribution in [0.4, 0.5) is 5.69 Å². The Morgan fingerprint density at radius 3 is 2.56 bits per heavy atom. The number of rotatable bonds is 2. The number of phenols is 1. The zero-order valence-corrected chi connectivity index (χ0v) is 12.1. The molecule has 18 heavy (non-hydrogen) atoms. The number of halogens is 2. The third-order valence-electron chi connectivity index (χ3n) is 2.97. The van der Waals surface area contributed by atoms with Gasteiger partial charge in [0.1, 0.15) is 0 Å². The summed E-state index contributed by atoms with van der Waals surface area (Å²) in [7, 11) is 0. The first-order valence-electron chi connectivity index (χ1n) is 5.56. The number of anilines is 1. The van der Waals surface area contributed by atoms with E-state index in [1.807, 2.05) is 6.92 Å². The van der Waals surface area contributed by atoms with Gasteiger partial charge in [-0.25, -0.2) is 0 Å². The van der Waals surface area contributed by atoms with E-state index in [0.29, 0.717) is 5.69 Å². The molecule has 1 aromatic carbocycles. The summed E-state index contributed by atoms with van der Waals surface area (Å²) in [4.78, 5) is 12.2. The second kappa shape index (κ2) is 5.19. The van der Waals surface area contributed by atoms with Crippen molar-refractivity contribution in [2.45, 2.75) is 24.5 Å². The molecule has 1 fully saturated rings. The molecule has 1 aliphatic heterocycles. The van der Waals surface area contributed by atoms with Gasteiger partial charge >= 0.3 is 0 Å². The lowest BCUT2D eigenvalue weighted by atomic mass is 10.0. The van der Waals surface area contributed by atoms with E-state index in [2.05, 4.69) is 5.32 Å². The smallest absolute Gasteiger partial charge is 0.240 e. The van der Waals surface area contributed by atoms with E-state index in [1.54, 1.807) is 11.8 Å². The first kappa shape index (κ1) is 13.8. The van der Waals surface area contributed by atoms with Crippen molar-refractivity contribution in [2.24, 2.45) is 0 Å². The Morgan fingerprint density at radius 1 is 1.44 bits per heavy atom. The molecule has 6 heteroatoms. The Bertz CT molecular complexity index is 464. The van der Waals surface area contributed by atoms with Crippen molar-refractivity contribution >= 4 is 46.6 Å². The van der Waals surface area contributed by atoms with Crippen LogP contribution in [0, 0.1) is 0 Å². The van der Waals surface area contributed by atoms with Gasteiger partial charge in [-0.3, -0.25) is 4.79 Å². The third kappa shape index (κ3) is 2.71. The van der Waals surface area contributed by atoms with Gasteiger partial charge in [0.15, 0.2) is 5.75 Å². The first-order chi connectivity index (χ1) is 8.42. The van der Waals surface area contributed by atoms with Crippen LogP contribution in [0.5, 0.6) is 5.75 Å². The van der Waals surface area contributed by atoms with Gasteiger partial charge in [-0.15, -0.1) is 11.8 Å². The molecule has 1 aliphatic rings. The van der Waals surface area contributed by atoms with Crippen molar-refractivity contribution in [3.05, 3.63) is 22.2 Å². The van der Waals surface area contributed by atoms with Crippen LogP contribution < -0.4 is 5.32 Å². The third-order valence-corrected chi connectivity index (χ3v) is 5.07. The fourth-order valence-electron chi connectivity index (χ4n) is 1.86. The summed E-state index contributed by atoms with van der Waals surface area (Å²) in [6, 6.07) is 2.98. The average Bonchev–Trinajstić information content (AvgIpc) is 2.74. The van der Waals surface area contributed by atoms with E-state index in [1.165, 1.54) is 12.1 Å². The Kier molecular flexibility index (Phi) is 3.99. The van der Waals surface area contributed by atoms with Crippen LogP contribution in [-0.2, 0) is 4.79 Å². The maximum absolute atomic E-state index is 12.2. The lowest BCUT2D eigenvalue weighted by Gasteiger charge is -2.21. The predicted octanol–water partition coefficient (Wildman–Crippen LogP) is 3.92. The van der Waals surface area contributed by atoms with Crippen LogP contribution in [-0.4, -0.2) is 21.5 Å². The van der Waals surface area contributed by atoms with E-state index in [9.17, 15) is 9.90 Å². The molecule has 0 aliphatic carbocycles. The summed E-state index contributed by atoms with van der Waals surface area (Å²) in [6.45, 7) is 1.93. The molecule has 1 unspecified atom stereocenters. The first-order valence-corrected chi connectivity index (χ1v) is 7.30. The molecule has 3 nitrogen and oxygen atoms in total. The minimum atomic E-state index is -0.392. The Labute approximate surface area is 120 Å². The molecular weight excluding hydrogens is 293 g/mol. The summed E-state index contributed by atoms with van der Waals surface area (Å²) in [5, 5.41) is 12.5. The molecule has 0 aromatic heterocycles. The van der Waals surface area contributed by atoms with Gasteiger partial charge in [0.25, 0.3) is 0 Å². The maximum Gasteiger partial charge on any atom is 0.240 e. The van der Waals surface area contributed by atoms with Crippen molar-refractivity contribution in [3.8, 4) is 5.75 Å². The molecule has 1 atom stereocenters. The van der Waals surface area contributed by atoms with Crippen molar-refractivity contribution in [1.29, 1.82) is 0 Å². The quantitative estimate of drug-likeness (QED) is 0.814. The van der Waals surface area contributed by atoms with Crippen LogP contribution in [0.15, 0.2) is 12.1 Å². The standard InChI is InChI=1S/C12H13Cl2NO2S/c1-12(3-2-4-18-12)11(17)15-7-5-8(13)10(16)9(14)6-7/h5-6,16H,2-4H2,1H3,(H,15,17). The lowest BCUT2D eigenvalue weighted by molar-refractivity contribution is -0.118. The topological polar surface area (TPSA) is 49.3 Å². The van der Waals surface area contributed by atoms with Gasteiger partial charge in [0.2, 0.25) is 5.91 Å². The van der Waals surface area contributed by atoms with Crippen LogP contribution >= 0.6 is 35.0 Å². The summed E-state index contributed by atoms with van der Waals surface area (Å²) >= 11 is 13.3. The molecule has 0 bridgehead atoms. The molecule has 1 saturated heterocycles. The summed E-state index contributed by atoms with van der Waals surface area (Å²) in [5.41, 5.74) is 0.501. The summed E-state index contributed by atoms with van der Waals surface area (Å²) in [5.74, 6) is 0.779. The highest BCUT2D eigenvalue weighted by atomic mass is 35.5. The molecular formula is C12H13Cl2NO2S. The number of hydrogen-bond acceptors (Lipinski definition) is 3. The highest BCUT2D eigenvalue weighted by molar-refractivity contribution is 8.01. The highest BCUT2D eigenvalue weighted by Crippen LogP contribution is 2.39. The van der Waals surface area contributed by atoms with Gasteiger partial charge in [-0.1, -0.05) is 23.2 Å². The van der Waals surface area contributed by atoms with Crippen LogP contribution in [0.25, 0.3) is 0 Å². The zero-order chi connectivity index (χ0) is 13.3. The molecule has 2 rings (SSSR count). The molecule has 2 N–H and O–H groups in total. The number of phenolic OH excluding ortho intramolecular Hbond substituents is 1.